The maximum absolute atomic E-state index is 4.38. The van der Waals surface area contributed by atoms with E-state index in [0.29, 0.717) is 0 Å². The summed E-state index contributed by atoms with van der Waals surface area (Å²) in [7, 11) is 1.98. The van der Waals surface area contributed by atoms with Crippen molar-refractivity contribution in [3.8, 4) is 0 Å². The van der Waals surface area contributed by atoms with E-state index in [2.05, 4.69) is 27.2 Å². The van der Waals surface area contributed by atoms with E-state index in [9.17, 15) is 0 Å². The van der Waals surface area contributed by atoms with Crippen LogP contribution in [0.3, 0.4) is 0 Å². The van der Waals surface area contributed by atoms with Crippen LogP contribution < -0.4 is 10.2 Å². The van der Waals surface area contributed by atoms with Crippen LogP contribution >= 0.6 is 0 Å². The van der Waals surface area contributed by atoms with E-state index < -0.39 is 0 Å². The van der Waals surface area contributed by atoms with Gasteiger partial charge in [0, 0.05) is 50.5 Å². The molecule has 0 saturated carbocycles. The molecule has 100 valence electrons. The quantitative estimate of drug-likeness (QED) is 0.852. The van der Waals surface area contributed by atoms with Gasteiger partial charge in [0.1, 0.15) is 0 Å². The van der Waals surface area contributed by atoms with E-state index in [4.69, 9.17) is 0 Å². The molecule has 0 saturated heterocycles. The summed E-state index contributed by atoms with van der Waals surface area (Å²) in [4.78, 5) is 14.9. The van der Waals surface area contributed by atoms with Crippen LogP contribution in [-0.4, -0.2) is 28.5 Å². The molecule has 2 aromatic heterocycles. The predicted molar refractivity (Wildman–Crippen MR) is 75.8 cm³/mol. The first-order valence-corrected chi connectivity index (χ1v) is 6.41. The number of hydrogen-bond donors (Lipinski definition) is 1. The number of rotatable bonds is 6. The normalized spacial score (nSPS) is 10.4. The Morgan fingerprint density at radius 1 is 1.16 bits per heavy atom. The fourth-order valence-electron chi connectivity index (χ4n) is 1.74. The van der Waals surface area contributed by atoms with Gasteiger partial charge in [-0.1, -0.05) is 13.0 Å². The average molecular weight is 257 g/mol. The molecule has 0 aliphatic carbocycles. The highest BCUT2D eigenvalue weighted by atomic mass is 15.2. The topological polar surface area (TPSA) is 53.9 Å². The summed E-state index contributed by atoms with van der Waals surface area (Å²) in [6, 6.07) is 3.98. The zero-order valence-corrected chi connectivity index (χ0v) is 11.4. The third-order valence-corrected chi connectivity index (χ3v) is 2.75. The molecule has 0 spiro atoms. The summed E-state index contributed by atoms with van der Waals surface area (Å²) in [5.41, 5.74) is 2.24. The van der Waals surface area contributed by atoms with E-state index in [1.54, 1.807) is 6.20 Å². The lowest BCUT2D eigenvalue weighted by molar-refractivity contribution is 0.719. The maximum Gasteiger partial charge on any atom is 0.225 e. The Kier molecular flexibility index (Phi) is 4.80. The Balaban J connectivity index is 1.97. The first-order valence-electron chi connectivity index (χ1n) is 6.41. The van der Waals surface area contributed by atoms with E-state index >= 15 is 0 Å². The molecule has 1 N–H and O–H groups in total. The van der Waals surface area contributed by atoms with Crippen molar-refractivity contribution in [3.63, 3.8) is 0 Å². The van der Waals surface area contributed by atoms with Crippen molar-refractivity contribution in [2.45, 2.75) is 20.0 Å². The highest BCUT2D eigenvalue weighted by Crippen LogP contribution is 2.09. The molecule has 2 aromatic rings. The predicted octanol–water partition coefficient (Wildman–Crippen LogP) is 1.62. The number of nitrogens with zero attached hydrogens (tertiary/aromatic N) is 4. The number of anilines is 1. The molecule has 0 aromatic carbocycles. The number of nitrogens with one attached hydrogen (secondary N) is 1. The van der Waals surface area contributed by atoms with E-state index in [-0.39, 0.29) is 0 Å². The van der Waals surface area contributed by atoms with Gasteiger partial charge in [-0.05, 0) is 18.2 Å². The molecule has 0 radical (unpaired) electrons. The summed E-state index contributed by atoms with van der Waals surface area (Å²) >= 11 is 0. The highest BCUT2D eigenvalue weighted by molar-refractivity contribution is 5.30. The molecule has 5 nitrogen and oxygen atoms in total. The maximum atomic E-state index is 4.38. The molecule has 0 fully saturated rings. The van der Waals surface area contributed by atoms with Crippen LogP contribution in [0.2, 0.25) is 0 Å². The summed E-state index contributed by atoms with van der Waals surface area (Å²) in [6.07, 6.45) is 7.36. The molecule has 0 aliphatic heterocycles. The van der Waals surface area contributed by atoms with Gasteiger partial charge in [0.15, 0.2) is 0 Å². The van der Waals surface area contributed by atoms with Crippen molar-refractivity contribution < 1.29 is 0 Å². The minimum Gasteiger partial charge on any atom is -0.340 e. The van der Waals surface area contributed by atoms with Crippen LogP contribution in [0.4, 0.5) is 5.95 Å². The second-order valence-electron chi connectivity index (χ2n) is 4.39. The third-order valence-electron chi connectivity index (χ3n) is 2.75. The minimum atomic E-state index is 0.726. The monoisotopic (exact) mass is 257 g/mol. The van der Waals surface area contributed by atoms with Crippen LogP contribution in [0.5, 0.6) is 0 Å². The second-order valence-corrected chi connectivity index (χ2v) is 4.39. The van der Waals surface area contributed by atoms with Crippen LogP contribution in [0.15, 0.2) is 36.9 Å². The van der Waals surface area contributed by atoms with Gasteiger partial charge in [0.2, 0.25) is 5.95 Å². The first-order chi connectivity index (χ1) is 9.29. The van der Waals surface area contributed by atoms with Gasteiger partial charge in [-0.15, -0.1) is 0 Å². The molecule has 0 aliphatic rings. The average Bonchev–Trinajstić information content (AvgIpc) is 2.46. The fraction of sp³-hybridized carbons (Fsp3) is 0.357. The van der Waals surface area contributed by atoms with E-state index in [0.717, 1.165) is 36.7 Å². The van der Waals surface area contributed by atoms with E-state index in [1.807, 2.05) is 42.7 Å². The zero-order valence-electron chi connectivity index (χ0n) is 11.4. The van der Waals surface area contributed by atoms with Crippen molar-refractivity contribution in [3.05, 3.63) is 48.0 Å². The largest absolute Gasteiger partial charge is 0.340 e. The Bertz CT molecular complexity index is 483. The van der Waals surface area contributed by atoms with E-state index in [1.165, 1.54) is 0 Å². The summed E-state index contributed by atoms with van der Waals surface area (Å²) < 4.78 is 0. The summed E-state index contributed by atoms with van der Waals surface area (Å²) in [6.45, 7) is 4.59. The Hall–Kier alpha value is -2.01. The lowest BCUT2D eigenvalue weighted by Crippen LogP contribution is -2.19. The first kappa shape index (κ1) is 13.4. The lowest BCUT2D eigenvalue weighted by Gasteiger charge is -2.16. The molecule has 0 amide bonds. The van der Waals surface area contributed by atoms with Gasteiger partial charge in [-0.3, -0.25) is 4.98 Å². The number of aromatic nitrogens is 3. The van der Waals surface area contributed by atoms with Crippen molar-refractivity contribution >= 4 is 5.95 Å². The summed E-state index contributed by atoms with van der Waals surface area (Å²) in [5, 5.41) is 3.25. The van der Waals surface area contributed by atoms with Crippen LogP contribution in [0.1, 0.15) is 18.1 Å². The molecule has 0 atom stereocenters. The molecule has 2 heterocycles. The molecule has 5 heteroatoms. The van der Waals surface area contributed by atoms with Crippen molar-refractivity contribution in [2.24, 2.45) is 0 Å². The van der Waals surface area contributed by atoms with Gasteiger partial charge in [0.25, 0.3) is 0 Å². The van der Waals surface area contributed by atoms with Crippen molar-refractivity contribution in [2.75, 3.05) is 18.5 Å². The molecule has 0 bridgehead atoms. The third kappa shape index (κ3) is 3.99. The zero-order chi connectivity index (χ0) is 13.5. The number of pyridine rings is 1. The standard InChI is InChI=1S/C14H19N5/c1-3-15-8-13-9-17-14(18-10-13)19(2)11-12-5-4-6-16-7-12/h4-7,9-10,15H,3,8,11H2,1-2H3. The fourth-order valence-corrected chi connectivity index (χ4v) is 1.74. The minimum absolute atomic E-state index is 0.726. The van der Waals surface area contributed by atoms with Gasteiger partial charge >= 0.3 is 0 Å². The molecule has 19 heavy (non-hydrogen) atoms. The molecular weight excluding hydrogens is 238 g/mol. The number of hydrogen-bond acceptors (Lipinski definition) is 5. The van der Waals surface area contributed by atoms with Crippen LogP contribution in [0.25, 0.3) is 0 Å². The van der Waals surface area contributed by atoms with Crippen molar-refractivity contribution in [1.82, 2.24) is 20.3 Å². The van der Waals surface area contributed by atoms with Gasteiger partial charge in [-0.2, -0.15) is 0 Å². The van der Waals surface area contributed by atoms with Gasteiger partial charge in [0.05, 0.1) is 0 Å². The summed E-state index contributed by atoms with van der Waals surface area (Å²) in [5.74, 6) is 0.726. The van der Waals surface area contributed by atoms with Crippen LogP contribution in [0, 0.1) is 0 Å². The van der Waals surface area contributed by atoms with Gasteiger partial charge < -0.3 is 10.2 Å². The van der Waals surface area contributed by atoms with Crippen LogP contribution in [-0.2, 0) is 13.1 Å². The lowest BCUT2D eigenvalue weighted by atomic mass is 10.3. The molecule has 2 rings (SSSR count). The Morgan fingerprint density at radius 2 is 1.95 bits per heavy atom. The highest BCUT2D eigenvalue weighted by Gasteiger charge is 2.05. The second kappa shape index (κ2) is 6.80. The SMILES string of the molecule is CCNCc1cnc(N(C)Cc2cccnc2)nc1. The van der Waals surface area contributed by atoms with Crippen molar-refractivity contribution in [1.29, 1.82) is 0 Å². The van der Waals surface area contributed by atoms with Gasteiger partial charge in [-0.25, -0.2) is 9.97 Å². The Morgan fingerprint density at radius 3 is 2.58 bits per heavy atom. The molecular formula is C14H19N5. The Labute approximate surface area is 113 Å². The molecule has 0 unspecified atom stereocenters. The smallest absolute Gasteiger partial charge is 0.225 e.